The van der Waals surface area contributed by atoms with E-state index in [1.54, 1.807) is 0 Å². The van der Waals surface area contributed by atoms with Gasteiger partial charge in [0.05, 0.1) is 12.3 Å². The molecular formula is C14H21N3O2S. The molecule has 0 aromatic carbocycles. The predicted molar refractivity (Wildman–Crippen MR) is 77.9 cm³/mol. The lowest BCUT2D eigenvalue weighted by atomic mass is 9.92. The molecule has 110 valence electrons. The number of esters is 1. The van der Waals surface area contributed by atoms with E-state index in [9.17, 15) is 4.79 Å². The lowest BCUT2D eigenvalue weighted by Gasteiger charge is -2.36. The average Bonchev–Trinajstić information content (AvgIpc) is 3.08. The first-order chi connectivity index (χ1) is 9.78. The third-order valence-corrected chi connectivity index (χ3v) is 5.03. The highest BCUT2D eigenvalue weighted by Gasteiger charge is 2.35. The molecule has 2 atom stereocenters. The molecule has 20 heavy (non-hydrogen) atoms. The van der Waals surface area contributed by atoms with Crippen molar-refractivity contribution in [3.63, 3.8) is 0 Å². The highest BCUT2D eigenvalue weighted by molar-refractivity contribution is 7.11. The zero-order chi connectivity index (χ0) is 13.9. The summed E-state index contributed by atoms with van der Waals surface area (Å²) < 4.78 is 4.99. The molecule has 0 aliphatic carbocycles. The van der Waals surface area contributed by atoms with Crippen LogP contribution >= 0.6 is 11.3 Å². The van der Waals surface area contributed by atoms with E-state index in [1.165, 1.54) is 24.2 Å². The minimum Gasteiger partial charge on any atom is -0.461 e. The van der Waals surface area contributed by atoms with Gasteiger partial charge >= 0.3 is 5.97 Å². The number of thiazole rings is 1. The molecule has 3 rings (SSSR count). The average molecular weight is 295 g/mol. The number of aromatic nitrogens is 1. The van der Waals surface area contributed by atoms with Crippen LogP contribution in [0.4, 0.5) is 0 Å². The Bertz CT molecular complexity index is 477. The fourth-order valence-electron chi connectivity index (χ4n) is 3.23. The molecule has 0 bridgehead atoms. The number of fused-ring (bicyclic) bond motifs is 1. The molecule has 1 aromatic heterocycles. The number of ether oxygens (including phenoxy) is 1. The monoisotopic (exact) mass is 295 g/mol. The number of nitrogens with zero attached hydrogens (tertiary/aromatic N) is 2. The Hall–Kier alpha value is -0.980. The summed E-state index contributed by atoms with van der Waals surface area (Å²) in [5.74, 6) is 0.481. The molecule has 0 saturated carbocycles. The van der Waals surface area contributed by atoms with E-state index in [1.807, 2.05) is 12.3 Å². The number of rotatable bonds is 4. The third kappa shape index (κ3) is 2.87. The van der Waals surface area contributed by atoms with Crippen molar-refractivity contribution < 1.29 is 9.53 Å². The van der Waals surface area contributed by atoms with Gasteiger partial charge in [-0.2, -0.15) is 0 Å². The van der Waals surface area contributed by atoms with E-state index < -0.39 is 0 Å². The highest BCUT2D eigenvalue weighted by Crippen LogP contribution is 2.27. The second-order valence-corrected chi connectivity index (χ2v) is 6.32. The summed E-state index contributed by atoms with van der Waals surface area (Å²) in [6.07, 6.45) is 2.59. The van der Waals surface area contributed by atoms with Gasteiger partial charge in [0.15, 0.2) is 0 Å². The second-order valence-electron chi connectivity index (χ2n) is 5.46. The molecule has 5 nitrogen and oxygen atoms in total. The largest absolute Gasteiger partial charge is 0.461 e. The summed E-state index contributed by atoms with van der Waals surface area (Å²) in [7, 11) is 0. The third-order valence-electron chi connectivity index (χ3n) is 4.16. The highest BCUT2D eigenvalue weighted by atomic mass is 32.1. The fourth-order valence-corrected chi connectivity index (χ4v) is 3.93. The van der Waals surface area contributed by atoms with Crippen molar-refractivity contribution >= 4 is 17.3 Å². The normalized spacial score (nSPS) is 26.4. The molecule has 1 aromatic rings. The van der Waals surface area contributed by atoms with Crippen LogP contribution in [0.2, 0.25) is 0 Å². The number of hydrogen-bond acceptors (Lipinski definition) is 6. The van der Waals surface area contributed by atoms with Crippen LogP contribution in [0.15, 0.2) is 5.38 Å². The molecule has 2 unspecified atom stereocenters. The molecule has 3 heterocycles. The molecule has 0 spiro atoms. The Morgan fingerprint density at radius 3 is 3.35 bits per heavy atom. The van der Waals surface area contributed by atoms with E-state index in [2.05, 4.69) is 15.2 Å². The second kappa shape index (κ2) is 6.20. The van der Waals surface area contributed by atoms with Gasteiger partial charge < -0.3 is 10.1 Å². The zero-order valence-corrected chi connectivity index (χ0v) is 12.6. The first-order valence-corrected chi connectivity index (χ1v) is 8.22. The Labute approximate surface area is 123 Å². The lowest BCUT2D eigenvalue weighted by molar-refractivity contribution is 0.0525. The van der Waals surface area contributed by atoms with Crippen molar-refractivity contribution in [2.75, 3.05) is 26.2 Å². The van der Waals surface area contributed by atoms with E-state index in [0.29, 0.717) is 17.7 Å². The molecule has 6 heteroatoms. The molecule has 1 N–H and O–H groups in total. The number of hydrogen-bond donors (Lipinski definition) is 1. The van der Waals surface area contributed by atoms with Gasteiger partial charge in [0.2, 0.25) is 5.01 Å². The first kappa shape index (κ1) is 14.0. The minimum atomic E-state index is -0.303. The Morgan fingerprint density at radius 1 is 1.60 bits per heavy atom. The lowest BCUT2D eigenvalue weighted by Crippen LogP contribution is -2.44. The molecular weight excluding hydrogens is 274 g/mol. The Morgan fingerprint density at radius 2 is 2.50 bits per heavy atom. The van der Waals surface area contributed by atoms with Crippen molar-refractivity contribution in [3.05, 3.63) is 16.1 Å². The van der Waals surface area contributed by atoms with Gasteiger partial charge in [0, 0.05) is 24.5 Å². The van der Waals surface area contributed by atoms with Crippen molar-refractivity contribution in [1.29, 1.82) is 0 Å². The molecule has 2 fully saturated rings. The van der Waals surface area contributed by atoms with Gasteiger partial charge in [-0.25, -0.2) is 9.78 Å². The SMILES string of the molecule is CCOC(=O)c1nc(CN2CCCC3CNCC32)cs1. The summed E-state index contributed by atoms with van der Waals surface area (Å²) in [5.41, 5.74) is 0.991. The standard InChI is InChI=1S/C14H21N3O2S/c1-2-19-14(18)13-16-11(9-20-13)8-17-5-3-4-10-6-15-7-12(10)17/h9-10,12,15H,2-8H2,1H3. The van der Waals surface area contributed by atoms with Gasteiger partial charge in [-0.3, -0.25) is 4.90 Å². The number of nitrogens with one attached hydrogen (secondary N) is 1. The number of carbonyl (C=O) groups excluding carboxylic acids is 1. The zero-order valence-electron chi connectivity index (χ0n) is 11.8. The summed E-state index contributed by atoms with van der Waals surface area (Å²) in [4.78, 5) is 18.6. The maximum atomic E-state index is 11.6. The molecule has 2 aliphatic heterocycles. The van der Waals surface area contributed by atoms with Gasteiger partial charge in [0.1, 0.15) is 0 Å². The minimum absolute atomic E-state index is 0.303. The van der Waals surface area contributed by atoms with Gasteiger partial charge in [-0.1, -0.05) is 0 Å². The van der Waals surface area contributed by atoms with E-state index in [4.69, 9.17) is 4.74 Å². The molecule has 0 amide bonds. The van der Waals surface area contributed by atoms with Crippen molar-refractivity contribution in [2.24, 2.45) is 5.92 Å². The van der Waals surface area contributed by atoms with Crippen molar-refractivity contribution in [3.8, 4) is 0 Å². The van der Waals surface area contributed by atoms with Crippen LogP contribution < -0.4 is 5.32 Å². The smallest absolute Gasteiger partial charge is 0.367 e. The maximum absolute atomic E-state index is 11.6. The van der Waals surface area contributed by atoms with Crippen LogP contribution in [0.3, 0.4) is 0 Å². The van der Waals surface area contributed by atoms with Crippen molar-refractivity contribution in [1.82, 2.24) is 15.2 Å². The topological polar surface area (TPSA) is 54.5 Å². The molecule has 0 radical (unpaired) electrons. The van der Waals surface area contributed by atoms with Crippen molar-refractivity contribution in [2.45, 2.75) is 32.4 Å². The van der Waals surface area contributed by atoms with Crippen LogP contribution in [0.5, 0.6) is 0 Å². The van der Waals surface area contributed by atoms with E-state index in [-0.39, 0.29) is 5.97 Å². The van der Waals surface area contributed by atoms with Crippen LogP contribution in [0.1, 0.15) is 35.3 Å². The van der Waals surface area contributed by atoms with Crippen LogP contribution in [0.25, 0.3) is 0 Å². The Balaban J connectivity index is 1.64. The molecule has 2 aliphatic rings. The predicted octanol–water partition coefficient (Wildman–Crippen LogP) is 1.50. The maximum Gasteiger partial charge on any atom is 0.367 e. The van der Waals surface area contributed by atoms with Crippen LogP contribution in [0, 0.1) is 5.92 Å². The fraction of sp³-hybridized carbons (Fsp3) is 0.714. The number of likely N-dealkylation sites (tertiary alicyclic amines) is 1. The number of piperidine rings is 1. The summed E-state index contributed by atoms with van der Waals surface area (Å²) in [6.45, 7) is 6.42. The number of carbonyl (C=O) groups is 1. The van der Waals surface area contributed by atoms with Crippen LogP contribution in [-0.4, -0.2) is 48.1 Å². The van der Waals surface area contributed by atoms with Gasteiger partial charge in [-0.15, -0.1) is 11.3 Å². The Kier molecular flexibility index (Phi) is 4.33. The van der Waals surface area contributed by atoms with E-state index >= 15 is 0 Å². The van der Waals surface area contributed by atoms with Gasteiger partial charge in [-0.05, 0) is 38.8 Å². The summed E-state index contributed by atoms with van der Waals surface area (Å²) in [6, 6.07) is 0.636. The quantitative estimate of drug-likeness (QED) is 0.853. The molecule has 2 saturated heterocycles. The van der Waals surface area contributed by atoms with Gasteiger partial charge in [0.25, 0.3) is 0 Å². The summed E-state index contributed by atoms with van der Waals surface area (Å²) >= 11 is 1.38. The van der Waals surface area contributed by atoms with E-state index in [0.717, 1.165) is 37.8 Å². The van der Waals surface area contributed by atoms with Crippen LogP contribution in [-0.2, 0) is 11.3 Å². The first-order valence-electron chi connectivity index (χ1n) is 7.34. The summed E-state index contributed by atoms with van der Waals surface area (Å²) in [5, 5.41) is 5.94.